The van der Waals surface area contributed by atoms with Crippen molar-refractivity contribution in [1.82, 2.24) is 5.32 Å². The van der Waals surface area contributed by atoms with Crippen LogP contribution in [0.5, 0.6) is 5.75 Å². The minimum absolute atomic E-state index is 0.0542. The van der Waals surface area contributed by atoms with Crippen LogP contribution >= 0.6 is 0 Å². The molecule has 3 heteroatoms. The van der Waals surface area contributed by atoms with E-state index in [-0.39, 0.29) is 6.04 Å². The molecule has 0 radical (unpaired) electrons. The Kier molecular flexibility index (Phi) is 4.25. The van der Waals surface area contributed by atoms with Crippen molar-refractivity contribution in [3.8, 4) is 5.75 Å². The lowest BCUT2D eigenvalue weighted by Crippen LogP contribution is -2.34. The number of ether oxygens (including phenoxy) is 1. The summed E-state index contributed by atoms with van der Waals surface area (Å²) in [7, 11) is 0. The summed E-state index contributed by atoms with van der Waals surface area (Å²) >= 11 is 0. The van der Waals surface area contributed by atoms with Crippen molar-refractivity contribution < 1.29 is 9.84 Å². The van der Waals surface area contributed by atoms with Gasteiger partial charge in [-0.3, -0.25) is 0 Å². The number of aliphatic hydroxyl groups excluding tert-OH is 1. The van der Waals surface area contributed by atoms with Crippen LogP contribution in [0.4, 0.5) is 0 Å². The minimum Gasteiger partial charge on any atom is -0.493 e. The quantitative estimate of drug-likeness (QED) is 0.814. The van der Waals surface area contributed by atoms with Crippen LogP contribution < -0.4 is 10.1 Å². The van der Waals surface area contributed by atoms with Gasteiger partial charge >= 0.3 is 0 Å². The highest BCUT2D eigenvalue weighted by atomic mass is 16.5. The number of hydrogen-bond donors (Lipinski definition) is 2. The predicted octanol–water partition coefficient (Wildman–Crippen LogP) is 2.57. The van der Waals surface area contributed by atoms with Gasteiger partial charge in [-0.2, -0.15) is 0 Å². The molecule has 1 fully saturated rings. The fraction of sp³-hybridized carbons (Fsp3) is 0.600. The standard InChI is InChI=1S/C15H23NO2/c1-4-18-14-8-5-10(2)9-13(14)15(17)11(3)16-12-6-7-12/h5,8-9,11-12,15-17H,4,6-7H2,1-3H3. The van der Waals surface area contributed by atoms with Crippen LogP contribution in [0.3, 0.4) is 0 Å². The molecule has 0 saturated heterocycles. The first-order valence-corrected chi connectivity index (χ1v) is 6.79. The third kappa shape index (κ3) is 3.24. The highest BCUT2D eigenvalue weighted by molar-refractivity contribution is 5.39. The van der Waals surface area contributed by atoms with Crippen molar-refractivity contribution in [2.24, 2.45) is 0 Å². The molecule has 0 heterocycles. The van der Waals surface area contributed by atoms with Gasteiger partial charge in [-0.15, -0.1) is 0 Å². The topological polar surface area (TPSA) is 41.5 Å². The molecule has 2 unspecified atom stereocenters. The molecule has 1 aliphatic carbocycles. The van der Waals surface area contributed by atoms with Gasteiger partial charge in [0, 0.05) is 17.6 Å². The summed E-state index contributed by atoms with van der Waals surface area (Å²) in [4.78, 5) is 0. The van der Waals surface area contributed by atoms with Crippen LogP contribution in [0.2, 0.25) is 0 Å². The van der Waals surface area contributed by atoms with Crippen LogP contribution in [0.15, 0.2) is 18.2 Å². The lowest BCUT2D eigenvalue weighted by atomic mass is 10.00. The molecular weight excluding hydrogens is 226 g/mol. The Morgan fingerprint density at radius 1 is 1.44 bits per heavy atom. The molecule has 3 nitrogen and oxygen atoms in total. The number of aryl methyl sites for hydroxylation is 1. The summed E-state index contributed by atoms with van der Waals surface area (Å²) in [6.07, 6.45) is 1.93. The average molecular weight is 249 g/mol. The van der Waals surface area contributed by atoms with Crippen LogP contribution in [0.1, 0.15) is 43.9 Å². The molecule has 1 aliphatic rings. The zero-order chi connectivity index (χ0) is 13.1. The van der Waals surface area contributed by atoms with Gasteiger partial charge in [-0.1, -0.05) is 11.6 Å². The first-order valence-electron chi connectivity index (χ1n) is 6.79. The van der Waals surface area contributed by atoms with E-state index in [9.17, 15) is 5.11 Å². The van der Waals surface area contributed by atoms with E-state index in [0.717, 1.165) is 16.9 Å². The van der Waals surface area contributed by atoms with Gasteiger partial charge in [0.05, 0.1) is 12.7 Å². The maximum absolute atomic E-state index is 10.5. The van der Waals surface area contributed by atoms with E-state index >= 15 is 0 Å². The Labute approximate surface area is 109 Å². The largest absolute Gasteiger partial charge is 0.493 e. The molecule has 0 aliphatic heterocycles. The molecule has 1 aromatic carbocycles. The van der Waals surface area contributed by atoms with Crippen molar-refractivity contribution in [3.63, 3.8) is 0 Å². The van der Waals surface area contributed by atoms with Crippen LogP contribution in [-0.4, -0.2) is 23.8 Å². The monoisotopic (exact) mass is 249 g/mol. The van der Waals surface area contributed by atoms with E-state index < -0.39 is 6.10 Å². The van der Waals surface area contributed by atoms with Gasteiger partial charge in [-0.05, 0) is 45.7 Å². The van der Waals surface area contributed by atoms with Gasteiger partial charge in [0.2, 0.25) is 0 Å². The summed E-state index contributed by atoms with van der Waals surface area (Å²) in [6, 6.07) is 6.62. The third-order valence-electron chi connectivity index (χ3n) is 3.33. The van der Waals surface area contributed by atoms with Gasteiger partial charge in [0.15, 0.2) is 0 Å². The predicted molar refractivity (Wildman–Crippen MR) is 72.9 cm³/mol. The molecule has 100 valence electrons. The lowest BCUT2D eigenvalue weighted by molar-refractivity contribution is 0.131. The van der Waals surface area contributed by atoms with Crippen molar-refractivity contribution >= 4 is 0 Å². The van der Waals surface area contributed by atoms with E-state index in [2.05, 4.69) is 5.32 Å². The Hall–Kier alpha value is -1.06. The molecule has 2 atom stereocenters. The highest BCUT2D eigenvalue weighted by Gasteiger charge is 2.27. The second kappa shape index (κ2) is 5.72. The number of rotatable bonds is 6. The molecule has 2 N–H and O–H groups in total. The number of hydrogen-bond acceptors (Lipinski definition) is 3. The van der Waals surface area contributed by atoms with E-state index in [1.807, 2.05) is 39.0 Å². The zero-order valence-corrected chi connectivity index (χ0v) is 11.4. The number of aliphatic hydroxyl groups is 1. The minimum atomic E-state index is -0.521. The van der Waals surface area contributed by atoms with E-state index in [0.29, 0.717) is 12.6 Å². The molecule has 1 aromatic rings. The van der Waals surface area contributed by atoms with Gasteiger partial charge in [0.1, 0.15) is 5.75 Å². The van der Waals surface area contributed by atoms with Crippen molar-refractivity contribution in [2.45, 2.75) is 51.8 Å². The Bertz CT molecular complexity index is 401. The summed E-state index contributed by atoms with van der Waals surface area (Å²) in [5.41, 5.74) is 2.03. The van der Waals surface area contributed by atoms with Crippen molar-refractivity contribution in [2.75, 3.05) is 6.61 Å². The highest BCUT2D eigenvalue weighted by Crippen LogP contribution is 2.30. The average Bonchev–Trinajstić information content (AvgIpc) is 3.14. The molecule has 0 bridgehead atoms. The normalized spacial score (nSPS) is 18.4. The fourth-order valence-corrected chi connectivity index (χ4v) is 2.17. The van der Waals surface area contributed by atoms with Crippen LogP contribution in [0, 0.1) is 6.92 Å². The fourth-order valence-electron chi connectivity index (χ4n) is 2.17. The first kappa shape index (κ1) is 13.4. The molecule has 0 spiro atoms. The SMILES string of the molecule is CCOc1ccc(C)cc1C(O)C(C)NC1CC1. The van der Waals surface area contributed by atoms with Crippen LogP contribution in [0.25, 0.3) is 0 Å². The number of nitrogens with one attached hydrogen (secondary N) is 1. The summed E-state index contributed by atoms with van der Waals surface area (Å²) in [5.74, 6) is 0.792. The smallest absolute Gasteiger partial charge is 0.125 e. The van der Waals surface area contributed by atoms with E-state index in [4.69, 9.17) is 4.74 Å². The van der Waals surface area contributed by atoms with Crippen molar-refractivity contribution in [3.05, 3.63) is 29.3 Å². The maximum atomic E-state index is 10.5. The molecular formula is C15H23NO2. The lowest BCUT2D eigenvalue weighted by Gasteiger charge is -2.23. The van der Waals surface area contributed by atoms with Gasteiger partial charge < -0.3 is 15.2 Å². The Morgan fingerprint density at radius 3 is 2.78 bits per heavy atom. The second-order valence-corrected chi connectivity index (χ2v) is 5.15. The summed E-state index contributed by atoms with van der Waals surface area (Å²) < 4.78 is 5.60. The van der Waals surface area contributed by atoms with Gasteiger partial charge in [0.25, 0.3) is 0 Å². The Balaban J connectivity index is 2.15. The van der Waals surface area contributed by atoms with Crippen LogP contribution in [-0.2, 0) is 0 Å². The summed E-state index contributed by atoms with van der Waals surface area (Å²) in [5, 5.41) is 13.9. The molecule has 0 amide bonds. The first-order chi connectivity index (χ1) is 8.61. The third-order valence-corrected chi connectivity index (χ3v) is 3.33. The summed E-state index contributed by atoms with van der Waals surface area (Å²) in [6.45, 7) is 6.64. The van der Waals surface area contributed by atoms with E-state index in [1.165, 1.54) is 12.8 Å². The molecule has 0 aromatic heterocycles. The second-order valence-electron chi connectivity index (χ2n) is 5.15. The van der Waals surface area contributed by atoms with Gasteiger partial charge in [-0.25, -0.2) is 0 Å². The number of benzene rings is 1. The molecule has 18 heavy (non-hydrogen) atoms. The Morgan fingerprint density at radius 2 is 2.17 bits per heavy atom. The zero-order valence-electron chi connectivity index (χ0n) is 11.4. The van der Waals surface area contributed by atoms with Crippen molar-refractivity contribution in [1.29, 1.82) is 0 Å². The molecule has 2 rings (SSSR count). The molecule has 1 saturated carbocycles. The maximum Gasteiger partial charge on any atom is 0.125 e. The van der Waals surface area contributed by atoms with E-state index in [1.54, 1.807) is 0 Å².